The Kier molecular flexibility index (Phi) is 9.83. The van der Waals surface area contributed by atoms with Gasteiger partial charge < -0.3 is 20.4 Å². The summed E-state index contributed by atoms with van der Waals surface area (Å²) in [6, 6.07) is 8.47. The third kappa shape index (κ3) is 7.89. The van der Waals surface area contributed by atoms with E-state index in [4.69, 9.17) is 4.99 Å². The fourth-order valence-electron chi connectivity index (χ4n) is 3.46. The van der Waals surface area contributed by atoms with Gasteiger partial charge in [0, 0.05) is 39.1 Å². The zero-order valence-electron chi connectivity index (χ0n) is 17.8. The summed E-state index contributed by atoms with van der Waals surface area (Å²) in [7, 11) is 4.17. The maximum atomic E-state index is 12.1. The van der Waals surface area contributed by atoms with Crippen LogP contribution in [0.5, 0.6) is 0 Å². The molecule has 1 amide bonds. The van der Waals surface area contributed by atoms with Crippen molar-refractivity contribution < 1.29 is 4.79 Å². The molecule has 1 aromatic carbocycles. The first-order valence-electron chi connectivity index (χ1n) is 10.6. The number of hydrogen-bond donors (Lipinski definition) is 2. The summed E-state index contributed by atoms with van der Waals surface area (Å²) in [6.07, 6.45) is 5.00. The molecular weight excluding hydrogens is 350 g/mol. The quantitative estimate of drug-likeness (QED) is 0.388. The van der Waals surface area contributed by atoms with E-state index in [-0.39, 0.29) is 0 Å². The fourth-order valence-corrected chi connectivity index (χ4v) is 3.46. The molecular formula is C22H37N5O. The summed E-state index contributed by atoms with van der Waals surface area (Å²) in [6.45, 7) is 7.04. The second-order valence-electron chi connectivity index (χ2n) is 7.67. The number of guanidine groups is 1. The first-order valence-corrected chi connectivity index (χ1v) is 10.6. The topological polar surface area (TPSA) is 60.0 Å². The van der Waals surface area contributed by atoms with Crippen molar-refractivity contribution in [3.63, 3.8) is 0 Å². The molecule has 1 saturated heterocycles. The monoisotopic (exact) mass is 387 g/mol. The number of likely N-dealkylation sites (tertiary alicyclic amines) is 1. The number of aliphatic imine (C=N–C) groups is 1. The lowest BCUT2D eigenvalue weighted by atomic mass is 10.1. The van der Waals surface area contributed by atoms with Crippen molar-refractivity contribution >= 4 is 11.9 Å². The Balaban J connectivity index is 1.84. The molecule has 0 saturated carbocycles. The fraction of sp³-hybridized carbons (Fsp3) is 0.636. The lowest BCUT2D eigenvalue weighted by molar-refractivity contribution is -0.130. The molecule has 0 spiro atoms. The SMILES string of the molecule is CCNC(=NCc1ccccc1CN(C)C)NCCCN1CCCCCC1=O. The molecule has 0 aromatic heterocycles. The molecule has 0 atom stereocenters. The molecule has 0 radical (unpaired) electrons. The van der Waals surface area contributed by atoms with Crippen LogP contribution in [0.3, 0.4) is 0 Å². The minimum absolute atomic E-state index is 0.315. The number of amides is 1. The van der Waals surface area contributed by atoms with Gasteiger partial charge in [-0.3, -0.25) is 4.79 Å². The lowest BCUT2D eigenvalue weighted by Crippen LogP contribution is -2.39. The smallest absolute Gasteiger partial charge is 0.222 e. The van der Waals surface area contributed by atoms with E-state index in [1.54, 1.807) is 0 Å². The Bertz CT molecular complexity index is 629. The van der Waals surface area contributed by atoms with Crippen molar-refractivity contribution in [1.82, 2.24) is 20.4 Å². The van der Waals surface area contributed by atoms with Crippen LogP contribution in [-0.4, -0.2) is 61.9 Å². The number of rotatable bonds is 9. The molecule has 0 aliphatic carbocycles. The second kappa shape index (κ2) is 12.4. The molecule has 2 N–H and O–H groups in total. The predicted octanol–water partition coefficient (Wildman–Crippen LogP) is 2.60. The van der Waals surface area contributed by atoms with Crippen LogP contribution in [0.15, 0.2) is 29.3 Å². The maximum absolute atomic E-state index is 12.1. The Labute approximate surface area is 170 Å². The predicted molar refractivity (Wildman–Crippen MR) is 116 cm³/mol. The standard InChI is InChI=1S/C22H37N5O/c1-4-23-22(24-14-10-16-27-15-9-5-6-13-21(27)28)25-17-19-11-7-8-12-20(19)18-26(2)3/h7-8,11-12H,4-6,9-10,13-18H2,1-3H3,(H2,23,24,25). The van der Waals surface area contributed by atoms with E-state index in [2.05, 4.69) is 60.8 Å². The van der Waals surface area contributed by atoms with Crippen molar-refractivity contribution in [2.45, 2.75) is 52.1 Å². The first kappa shape index (κ1) is 22.2. The number of carbonyl (C=O) groups excluding carboxylic acids is 1. The lowest BCUT2D eigenvalue weighted by Gasteiger charge is -2.21. The summed E-state index contributed by atoms with van der Waals surface area (Å²) in [5.74, 6) is 1.15. The number of benzene rings is 1. The van der Waals surface area contributed by atoms with Crippen LogP contribution in [0.2, 0.25) is 0 Å². The highest BCUT2D eigenvalue weighted by Crippen LogP contribution is 2.12. The largest absolute Gasteiger partial charge is 0.357 e. The summed E-state index contributed by atoms with van der Waals surface area (Å²) in [5, 5.41) is 6.73. The van der Waals surface area contributed by atoms with Gasteiger partial charge in [0.1, 0.15) is 0 Å². The average molecular weight is 388 g/mol. The van der Waals surface area contributed by atoms with Crippen molar-refractivity contribution in [2.24, 2.45) is 4.99 Å². The number of nitrogens with one attached hydrogen (secondary N) is 2. The van der Waals surface area contributed by atoms with Gasteiger partial charge in [0.15, 0.2) is 5.96 Å². The average Bonchev–Trinajstić information content (AvgIpc) is 2.88. The number of hydrogen-bond acceptors (Lipinski definition) is 3. The molecule has 1 fully saturated rings. The van der Waals surface area contributed by atoms with Gasteiger partial charge in [-0.25, -0.2) is 4.99 Å². The Hall–Kier alpha value is -2.08. The van der Waals surface area contributed by atoms with Crippen LogP contribution in [0.1, 0.15) is 50.2 Å². The molecule has 0 bridgehead atoms. The summed E-state index contributed by atoms with van der Waals surface area (Å²) >= 11 is 0. The van der Waals surface area contributed by atoms with Crippen molar-refractivity contribution in [3.05, 3.63) is 35.4 Å². The molecule has 28 heavy (non-hydrogen) atoms. The van der Waals surface area contributed by atoms with Crippen molar-refractivity contribution in [1.29, 1.82) is 0 Å². The minimum Gasteiger partial charge on any atom is -0.357 e. The van der Waals surface area contributed by atoms with E-state index in [0.717, 1.165) is 57.9 Å². The van der Waals surface area contributed by atoms with Gasteiger partial charge in [-0.2, -0.15) is 0 Å². The van der Waals surface area contributed by atoms with E-state index in [9.17, 15) is 4.79 Å². The van der Waals surface area contributed by atoms with Crippen LogP contribution in [-0.2, 0) is 17.9 Å². The van der Waals surface area contributed by atoms with E-state index in [1.165, 1.54) is 17.5 Å². The maximum Gasteiger partial charge on any atom is 0.222 e. The third-order valence-electron chi connectivity index (χ3n) is 4.93. The van der Waals surface area contributed by atoms with Crippen LogP contribution in [0.4, 0.5) is 0 Å². The molecule has 1 aromatic rings. The van der Waals surface area contributed by atoms with E-state index >= 15 is 0 Å². The first-order chi connectivity index (χ1) is 13.6. The van der Waals surface area contributed by atoms with Gasteiger partial charge in [-0.15, -0.1) is 0 Å². The summed E-state index contributed by atoms with van der Waals surface area (Å²) in [4.78, 5) is 21.0. The zero-order valence-corrected chi connectivity index (χ0v) is 17.8. The molecule has 6 heteroatoms. The molecule has 0 unspecified atom stereocenters. The normalized spacial score (nSPS) is 15.6. The van der Waals surface area contributed by atoms with Gasteiger partial charge in [0.2, 0.25) is 5.91 Å². The highest BCUT2D eigenvalue weighted by Gasteiger charge is 2.15. The molecule has 6 nitrogen and oxygen atoms in total. The third-order valence-corrected chi connectivity index (χ3v) is 4.93. The van der Waals surface area contributed by atoms with E-state index < -0.39 is 0 Å². The van der Waals surface area contributed by atoms with Gasteiger partial charge in [-0.05, 0) is 51.4 Å². The van der Waals surface area contributed by atoms with Gasteiger partial charge in [0.05, 0.1) is 6.54 Å². The van der Waals surface area contributed by atoms with Crippen LogP contribution in [0, 0.1) is 0 Å². The Morgan fingerprint density at radius 2 is 1.93 bits per heavy atom. The zero-order chi connectivity index (χ0) is 20.2. The van der Waals surface area contributed by atoms with Crippen molar-refractivity contribution in [2.75, 3.05) is 40.3 Å². The molecule has 2 rings (SSSR count). The molecule has 156 valence electrons. The van der Waals surface area contributed by atoms with Crippen LogP contribution >= 0.6 is 0 Å². The minimum atomic E-state index is 0.315. The van der Waals surface area contributed by atoms with Gasteiger partial charge in [-0.1, -0.05) is 30.7 Å². The number of carbonyl (C=O) groups is 1. The summed E-state index contributed by atoms with van der Waals surface area (Å²) in [5.41, 5.74) is 2.57. The van der Waals surface area contributed by atoms with Crippen molar-refractivity contribution in [3.8, 4) is 0 Å². The van der Waals surface area contributed by atoms with E-state index in [0.29, 0.717) is 18.9 Å². The highest BCUT2D eigenvalue weighted by molar-refractivity contribution is 5.79. The highest BCUT2D eigenvalue weighted by atomic mass is 16.2. The van der Waals surface area contributed by atoms with Gasteiger partial charge >= 0.3 is 0 Å². The Morgan fingerprint density at radius 3 is 2.68 bits per heavy atom. The molecule has 1 heterocycles. The van der Waals surface area contributed by atoms with Gasteiger partial charge in [0.25, 0.3) is 0 Å². The van der Waals surface area contributed by atoms with Crippen LogP contribution in [0.25, 0.3) is 0 Å². The second-order valence-corrected chi connectivity index (χ2v) is 7.67. The number of nitrogens with zero attached hydrogens (tertiary/aromatic N) is 3. The summed E-state index contributed by atoms with van der Waals surface area (Å²) < 4.78 is 0. The molecule has 1 aliphatic heterocycles. The van der Waals surface area contributed by atoms with E-state index in [1.807, 2.05) is 4.90 Å². The Morgan fingerprint density at radius 1 is 1.14 bits per heavy atom. The molecule has 1 aliphatic rings. The van der Waals surface area contributed by atoms with Crippen LogP contribution < -0.4 is 10.6 Å².